The Bertz CT molecular complexity index is 1640. The number of unbranched alkanes of at least 4 members (excludes halogenated alkanes) is 1. The number of nitrogens with zero attached hydrogens (tertiary/aromatic N) is 2. The topological polar surface area (TPSA) is 201 Å². The molecule has 4 rings (SSSR count). The van der Waals surface area contributed by atoms with Crippen LogP contribution in [-0.4, -0.2) is 97.2 Å². The van der Waals surface area contributed by atoms with Crippen LogP contribution in [0, 0.1) is 11.8 Å². The van der Waals surface area contributed by atoms with Crippen molar-refractivity contribution in [2.75, 3.05) is 26.2 Å². The highest BCUT2D eigenvalue weighted by molar-refractivity contribution is 7.85. The second-order valence-electron chi connectivity index (χ2n) is 14.0. The first-order valence-corrected chi connectivity index (χ1v) is 19.2. The van der Waals surface area contributed by atoms with Crippen LogP contribution in [0.5, 0.6) is 0 Å². The Morgan fingerprint density at radius 2 is 1.94 bits per heavy atom. The van der Waals surface area contributed by atoms with Gasteiger partial charge in [-0.05, 0) is 74.5 Å². The van der Waals surface area contributed by atoms with Crippen molar-refractivity contribution in [1.29, 1.82) is 0 Å². The van der Waals surface area contributed by atoms with Crippen molar-refractivity contribution in [3.63, 3.8) is 0 Å². The third-order valence-corrected chi connectivity index (χ3v) is 10.6. The molecule has 3 aliphatic rings. The summed E-state index contributed by atoms with van der Waals surface area (Å²) in [5.41, 5.74) is 2.29. The van der Waals surface area contributed by atoms with E-state index in [0.29, 0.717) is 64.5 Å². The Morgan fingerprint density at radius 3 is 2.62 bits per heavy atom. The van der Waals surface area contributed by atoms with Gasteiger partial charge in [0.05, 0.1) is 12.2 Å². The number of fused-ring (bicyclic) bond motifs is 1. The largest absolute Gasteiger partial charge is 0.465 e. The van der Waals surface area contributed by atoms with Crippen LogP contribution in [0.4, 0.5) is 9.59 Å². The van der Waals surface area contributed by atoms with E-state index in [2.05, 4.69) is 17.2 Å². The molecule has 0 bridgehead atoms. The third kappa shape index (κ3) is 11.3. The van der Waals surface area contributed by atoms with Gasteiger partial charge in [-0.1, -0.05) is 56.7 Å². The van der Waals surface area contributed by atoms with Crippen molar-refractivity contribution in [3.05, 3.63) is 53.6 Å². The molecule has 4 unspecified atom stereocenters. The van der Waals surface area contributed by atoms with Crippen molar-refractivity contribution in [2.45, 2.75) is 96.4 Å². The van der Waals surface area contributed by atoms with Gasteiger partial charge in [-0.3, -0.25) is 14.4 Å². The molecule has 1 aromatic rings. The zero-order valence-electron chi connectivity index (χ0n) is 30.1. The number of allylic oxidation sites excluding steroid dienone is 1. The molecule has 4 N–H and O–H groups in total. The number of rotatable bonds is 17. The van der Waals surface area contributed by atoms with E-state index in [-0.39, 0.29) is 19.1 Å². The van der Waals surface area contributed by atoms with Crippen LogP contribution >= 0.6 is 0 Å². The number of carbonyl (C=O) groups excluding carboxylic acids is 4. The normalized spacial score (nSPS) is 20.4. The van der Waals surface area contributed by atoms with Crippen LogP contribution in [0.15, 0.2) is 36.9 Å². The fraction of sp³-hybridized carbons (Fsp3) is 0.583. The lowest BCUT2D eigenvalue weighted by Gasteiger charge is -2.29. The maximum atomic E-state index is 13.6. The summed E-state index contributed by atoms with van der Waals surface area (Å²) < 4.78 is 37.4. The molecule has 1 aliphatic carbocycles. The minimum Gasteiger partial charge on any atom is -0.465 e. The van der Waals surface area contributed by atoms with Gasteiger partial charge in [-0.15, -0.1) is 6.58 Å². The highest BCUT2D eigenvalue weighted by Crippen LogP contribution is 2.39. The molecule has 286 valence electrons. The van der Waals surface area contributed by atoms with E-state index in [0.717, 1.165) is 16.7 Å². The predicted octanol–water partition coefficient (Wildman–Crippen LogP) is 3.50. The molecule has 15 nitrogen and oxygen atoms in total. The zero-order valence-corrected chi connectivity index (χ0v) is 30.9. The summed E-state index contributed by atoms with van der Waals surface area (Å²) in [4.78, 5) is 66.4. The second-order valence-corrected chi connectivity index (χ2v) is 15.3. The SMILES string of the molecule is C=CC(CCC)C(NC(=O)C1CC(C)CN1C(=O)CNC(=O)OCCCC=Cc1cccc2c1CCN(C(=O)O)C2)C(=O)NS(=O)(=O)OC1(C)CC1. The Hall–Kier alpha value is -4.44. The molecule has 0 aromatic heterocycles. The fourth-order valence-electron chi connectivity index (χ4n) is 6.51. The van der Waals surface area contributed by atoms with Crippen LogP contribution in [0.25, 0.3) is 6.08 Å². The highest BCUT2D eigenvalue weighted by atomic mass is 32.2. The lowest BCUT2D eigenvalue weighted by atomic mass is 9.93. The Kier molecular flexibility index (Phi) is 13.9. The molecule has 5 amide bonds. The maximum Gasteiger partial charge on any atom is 0.407 e. The van der Waals surface area contributed by atoms with Crippen LogP contribution in [0.3, 0.4) is 0 Å². The van der Waals surface area contributed by atoms with Crippen LogP contribution in [0.1, 0.15) is 82.4 Å². The molecule has 4 atom stereocenters. The first kappa shape index (κ1) is 40.3. The quantitative estimate of drug-likeness (QED) is 0.135. The summed E-state index contributed by atoms with van der Waals surface area (Å²) >= 11 is 0. The molecule has 52 heavy (non-hydrogen) atoms. The molecule has 1 saturated heterocycles. The Balaban J connectivity index is 1.24. The number of nitrogens with one attached hydrogen (secondary N) is 3. The number of likely N-dealkylation sites (tertiary alicyclic amines) is 1. The molecule has 2 aliphatic heterocycles. The molecule has 16 heteroatoms. The van der Waals surface area contributed by atoms with Gasteiger partial charge >= 0.3 is 22.5 Å². The van der Waals surface area contributed by atoms with Gasteiger partial charge in [0, 0.05) is 25.6 Å². The number of benzene rings is 1. The fourth-order valence-corrected chi connectivity index (χ4v) is 7.62. The summed E-state index contributed by atoms with van der Waals surface area (Å²) in [5, 5.41) is 14.4. The zero-order chi connectivity index (χ0) is 38.1. The van der Waals surface area contributed by atoms with Crippen molar-refractivity contribution < 1.29 is 46.4 Å². The van der Waals surface area contributed by atoms with E-state index in [1.54, 1.807) is 6.92 Å². The number of amides is 5. The van der Waals surface area contributed by atoms with E-state index in [9.17, 15) is 37.5 Å². The molecule has 0 spiro atoms. The van der Waals surface area contributed by atoms with E-state index < -0.39 is 70.4 Å². The number of carbonyl (C=O) groups is 5. The molecule has 2 heterocycles. The standard InChI is InChI=1S/C36H51N5O10S/c1-5-11-25(6-2)31(33(44)39-52(48,49)51-36(4)16-17-36)38-32(43)29-20-24(3)22-41(29)30(42)21-37-34(45)50-19-9-7-8-12-26-13-10-14-27-23-40(35(46)47)18-15-28(26)27/h6,8,10,12-14,24-25,29,31H,2,5,7,9,11,15-23H2,1,3-4H3,(H,37,45)(H,38,43)(H,39,44)(H,46,47). The Labute approximate surface area is 305 Å². The van der Waals surface area contributed by atoms with Crippen molar-refractivity contribution >= 4 is 46.3 Å². The number of alkyl carbamates (subject to hydrolysis) is 1. The molecule has 1 aromatic carbocycles. The first-order valence-electron chi connectivity index (χ1n) is 17.8. The van der Waals surface area contributed by atoms with Gasteiger partial charge in [-0.2, -0.15) is 8.42 Å². The summed E-state index contributed by atoms with van der Waals surface area (Å²) in [6.07, 6.45) is 8.00. The summed E-state index contributed by atoms with van der Waals surface area (Å²) in [6, 6.07) is 3.60. The average molecular weight is 746 g/mol. The maximum absolute atomic E-state index is 13.6. The minimum absolute atomic E-state index is 0.0493. The molecular formula is C36H51N5O10S. The highest BCUT2D eigenvalue weighted by Gasteiger charge is 2.45. The number of ether oxygens (including phenoxy) is 1. The Morgan fingerprint density at radius 1 is 1.19 bits per heavy atom. The van der Waals surface area contributed by atoms with Gasteiger partial charge < -0.3 is 30.3 Å². The average Bonchev–Trinajstić information content (AvgIpc) is 3.67. The molecular weight excluding hydrogens is 694 g/mol. The van der Waals surface area contributed by atoms with Crippen molar-refractivity contribution in [3.8, 4) is 0 Å². The molecule has 1 saturated carbocycles. The van der Waals surface area contributed by atoms with Gasteiger partial charge in [-0.25, -0.2) is 18.5 Å². The third-order valence-electron chi connectivity index (χ3n) is 9.56. The van der Waals surface area contributed by atoms with Crippen molar-refractivity contribution in [1.82, 2.24) is 25.2 Å². The van der Waals surface area contributed by atoms with Crippen LogP contribution < -0.4 is 15.4 Å². The summed E-state index contributed by atoms with van der Waals surface area (Å²) in [7, 11) is -4.43. The number of hydrogen-bond acceptors (Lipinski definition) is 9. The van der Waals surface area contributed by atoms with E-state index in [1.807, 2.05) is 48.9 Å². The van der Waals surface area contributed by atoms with Gasteiger partial charge in [0.25, 0.3) is 5.91 Å². The van der Waals surface area contributed by atoms with E-state index >= 15 is 0 Å². The first-order chi connectivity index (χ1) is 24.6. The molecule has 2 fully saturated rings. The lowest BCUT2D eigenvalue weighted by molar-refractivity contribution is -0.139. The van der Waals surface area contributed by atoms with Gasteiger partial charge in [0.15, 0.2) is 0 Å². The van der Waals surface area contributed by atoms with Crippen molar-refractivity contribution in [2.24, 2.45) is 11.8 Å². The van der Waals surface area contributed by atoms with E-state index in [1.165, 1.54) is 15.9 Å². The number of hydrogen-bond donors (Lipinski definition) is 4. The number of carboxylic acid groups (broad SMARTS) is 1. The molecule has 0 radical (unpaired) electrons. The smallest absolute Gasteiger partial charge is 0.407 e. The van der Waals surface area contributed by atoms with Crippen LogP contribution in [0.2, 0.25) is 0 Å². The second kappa shape index (κ2) is 17.9. The van der Waals surface area contributed by atoms with E-state index in [4.69, 9.17) is 8.92 Å². The predicted molar refractivity (Wildman–Crippen MR) is 192 cm³/mol. The summed E-state index contributed by atoms with van der Waals surface area (Å²) in [6.45, 7) is 9.92. The van der Waals surface area contributed by atoms with Gasteiger partial charge in [0.1, 0.15) is 18.6 Å². The lowest BCUT2D eigenvalue weighted by Crippen LogP contribution is -2.57. The van der Waals surface area contributed by atoms with Gasteiger partial charge in [0.2, 0.25) is 11.8 Å². The monoisotopic (exact) mass is 745 g/mol. The summed E-state index contributed by atoms with van der Waals surface area (Å²) in [5.74, 6) is -2.74. The van der Waals surface area contributed by atoms with Crippen LogP contribution in [-0.2, 0) is 46.6 Å². The minimum atomic E-state index is -4.43.